The summed E-state index contributed by atoms with van der Waals surface area (Å²) >= 11 is 0. The number of carbonyl (C=O) groups is 1. The number of sulfone groups is 1. The molecule has 0 heterocycles. The zero-order valence-electron chi connectivity index (χ0n) is 11.2. The maximum Gasteiger partial charge on any atom is 0.235 e. The van der Waals surface area contributed by atoms with Crippen molar-refractivity contribution in [2.24, 2.45) is 5.92 Å². The van der Waals surface area contributed by atoms with Crippen molar-refractivity contribution in [2.75, 3.05) is 18.0 Å². The highest BCUT2D eigenvalue weighted by Gasteiger charge is 2.18. The molecule has 1 amide bonds. The summed E-state index contributed by atoms with van der Waals surface area (Å²) in [4.78, 5) is 11.7. The van der Waals surface area contributed by atoms with E-state index < -0.39 is 21.5 Å². The summed E-state index contributed by atoms with van der Waals surface area (Å²) in [6, 6.07) is 5.82. The number of anilines is 1. The molecule has 0 atom stereocenters. The number of nitrogens with one attached hydrogen (secondary N) is 1. The van der Waals surface area contributed by atoms with Crippen LogP contribution in [-0.4, -0.2) is 26.6 Å². The van der Waals surface area contributed by atoms with Crippen LogP contribution in [0.1, 0.15) is 20.3 Å². The summed E-state index contributed by atoms with van der Waals surface area (Å²) in [5, 5.41) is 2.61. The molecule has 1 aromatic carbocycles. The Kier molecular flexibility index (Phi) is 5.35. The van der Waals surface area contributed by atoms with Crippen molar-refractivity contribution in [1.82, 2.24) is 5.32 Å². The average Bonchev–Trinajstić information content (AvgIpc) is 2.28. The fourth-order valence-electron chi connectivity index (χ4n) is 1.48. The minimum atomic E-state index is -3.59. The maximum atomic E-state index is 11.9. The third-order valence-corrected chi connectivity index (χ3v) is 4.24. The van der Waals surface area contributed by atoms with Gasteiger partial charge in [-0.25, -0.2) is 8.42 Å². The molecule has 1 aromatic rings. The first-order valence-electron chi connectivity index (χ1n) is 6.16. The number of benzene rings is 1. The number of rotatable bonds is 6. The zero-order chi connectivity index (χ0) is 14.5. The van der Waals surface area contributed by atoms with Gasteiger partial charge in [0, 0.05) is 12.2 Å². The quantitative estimate of drug-likeness (QED) is 0.768. The van der Waals surface area contributed by atoms with E-state index in [1.165, 1.54) is 24.3 Å². The average molecular weight is 284 g/mol. The van der Waals surface area contributed by atoms with Gasteiger partial charge in [0.15, 0.2) is 9.84 Å². The summed E-state index contributed by atoms with van der Waals surface area (Å²) in [5.41, 5.74) is 5.98. The summed E-state index contributed by atoms with van der Waals surface area (Å²) in [6.07, 6.45) is 0.827. The molecular weight excluding hydrogens is 264 g/mol. The molecule has 106 valence electrons. The molecule has 0 saturated carbocycles. The van der Waals surface area contributed by atoms with Crippen LogP contribution in [0.15, 0.2) is 29.2 Å². The molecule has 0 spiro atoms. The largest absolute Gasteiger partial charge is 0.399 e. The van der Waals surface area contributed by atoms with E-state index in [1.807, 2.05) is 13.8 Å². The molecule has 0 aromatic heterocycles. The van der Waals surface area contributed by atoms with Gasteiger partial charge in [0.25, 0.3) is 0 Å². The standard InChI is InChI=1S/C13H20N2O3S/c1-10(2)7-8-15-13(16)9-19(17,18)12-5-3-11(14)4-6-12/h3-6,10H,7-9,14H2,1-2H3,(H,15,16). The SMILES string of the molecule is CC(C)CCNC(=O)CS(=O)(=O)c1ccc(N)cc1. The molecule has 0 radical (unpaired) electrons. The lowest BCUT2D eigenvalue weighted by Crippen LogP contribution is -2.31. The lowest BCUT2D eigenvalue weighted by molar-refractivity contribution is -0.118. The van der Waals surface area contributed by atoms with E-state index in [-0.39, 0.29) is 4.90 Å². The fraction of sp³-hybridized carbons (Fsp3) is 0.462. The van der Waals surface area contributed by atoms with E-state index in [4.69, 9.17) is 5.73 Å². The van der Waals surface area contributed by atoms with Crippen molar-refractivity contribution < 1.29 is 13.2 Å². The summed E-state index contributed by atoms with van der Waals surface area (Å²) in [7, 11) is -3.59. The number of carbonyl (C=O) groups excluding carboxylic acids is 1. The molecule has 0 unspecified atom stereocenters. The minimum Gasteiger partial charge on any atom is -0.399 e. The highest BCUT2D eigenvalue weighted by molar-refractivity contribution is 7.92. The summed E-state index contributed by atoms with van der Waals surface area (Å²) in [5.74, 6) is -0.541. The van der Waals surface area contributed by atoms with Crippen LogP contribution in [-0.2, 0) is 14.6 Å². The van der Waals surface area contributed by atoms with Crippen LogP contribution in [0.3, 0.4) is 0 Å². The Labute approximate surface area is 114 Å². The van der Waals surface area contributed by atoms with E-state index in [2.05, 4.69) is 5.32 Å². The molecule has 0 aliphatic heterocycles. The second kappa shape index (κ2) is 6.56. The molecule has 0 aliphatic carbocycles. The van der Waals surface area contributed by atoms with Gasteiger partial charge < -0.3 is 11.1 Å². The van der Waals surface area contributed by atoms with E-state index in [0.717, 1.165) is 6.42 Å². The van der Waals surface area contributed by atoms with Crippen molar-refractivity contribution >= 4 is 21.4 Å². The van der Waals surface area contributed by atoms with Gasteiger partial charge in [-0.05, 0) is 36.6 Å². The predicted octanol–water partition coefficient (Wildman–Crippen LogP) is 1.20. The molecule has 3 N–H and O–H groups in total. The third-order valence-electron chi connectivity index (χ3n) is 2.60. The molecule has 5 nitrogen and oxygen atoms in total. The van der Waals surface area contributed by atoms with Gasteiger partial charge in [0.05, 0.1) is 4.90 Å². The number of nitrogen functional groups attached to an aromatic ring is 1. The Balaban J connectivity index is 2.59. The summed E-state index contributed by atoms with van der Waals surface area (Å²) in [6.45, 7) is 4.57. The Morgan fingerprint density at radius 2 is 1.84 bits per heavy atom. The normalized spacial score (nSPS) is 11.5. The maximum absolute atomic E-state index is 11.9. The number of nitrogens with two attached hydrogens (primary N) is 1. The Morgan fingerprint density at radius 3 is 2.37 bits per heavy atom. The molecular formula is C13H20N2O3S. The van der Waals surface area contributed by atoms with Gasteiger partial charge in [-0.1, -0.05) is 13.8 Å². The van der Waals surface area contributed by atoms with Crippen molar-refractivity contribution in [1.29, 1.82) is 0 Å². The smallest absolute Gasteiger partial charge is 0.235 e. The number of hydrogen-bond donors (Lipinski definition) is 2. The Bertz CT molecular complexity index is 521. The van der Waals surface area contributed by atoms with Crippen LogP contribution in [0.2, 0.25) is 0 Å². The van der Waals surface area contributed by atoms with Gasteiger partial charge in [-0.15, -0.1) is 0 Å². The lowest BCUT2D eigenvalue weighted by Gasteiger charge is -2.08. The summed E-state index contributed by atoms with van der Waals surface area (Å²) < 4.78 is 23.9. The zero-order valence-corrected chi connectivity index (χ0v) is 12.0. The number of amides is 1. The van der Waals surface area contributed by atoms with Crippen LogP contribution in [0.5, 0.6) is 0 Å². The first kappa shape index (κ1) is 15.5. The fourth-order valence-corrected chi connectivity index (χ4v) is 2.65. The van der Waals surface area contributed by atoms with E-state index >= 15 is 0 Å². The van der Waals surface area contributed by atoms with Crippen LogP contribution in [0, 0.1) is 5.92 Å². The van der Waals surface area contributed by atoms with E-state index in [1.54, 1.807) is 0 Å². The van der Waals surface area contributed by atoms with E-state index in [9.17, 15) is 13.2 Å². The molecule has 6 heteroatoms. The molecule has 19 heavy (non-hydrogen) atoms. The van der Waals surface area contributed by atoms with E-state index in [0.29, 0.717) is 18.2 Å². The second-order valence-electron chi connectivity index (χ2n) is 4.86. The minimum absolute atomic E-state index is 0.112. The first-order valence-corrected chi connectivity index (χ1v) is 7.81. The first-order chi connectivity index (χ1) is 8.81. The molecule has 0 fully saturated rings. The van der Waals surface area contributed by atoms with Crippen LogP contribution < -0.4 is 11.1 Å². The lowest BCUT2D eigenvalue weighted by atomic mass is 10.1. The Morgan fingerprint density at radius 1 is 1.26 bits per heavy atom. The van der Waals surface area contributed by atoms with Crippen LogP contribution in [0.4, 0.5) is 5.69 Å². The molecule has 1 rings (SSSR count). The number of hydrogen-bond acceptors (Lipinski definition) is 4. The second-order valence-corrected chi connectivity index (χ2v) is 6.85. The van der Waals surface area contributed by atoms with Crippen molar-refractivity contribution in [3.8, 4) is 0 Å². The molecule has 0 saturated heterocycles. The predicted molar refractivity (Wildman–Crippen MR) is 75.4 cm³/mol. The van der Waals surface area contributed by atoms with Gasteiger partial charge in [-0.2, -0.15) is 0 Å². The molecule has 0 aliphatic rings. The monoisotopic (exact) mass is 284 g/mol. The van der Waals surface area contributed by atoms with Crippen LogP contribution in [0.25, 0.3) is 0 Å². The molecule has 0 bridgehead atoms. The topological polar surface area (TPSA) is 89.3 Å². The Hall–Kier alpha value is -1.56. The van der Waals surface area contributed by atoms with Crippen molar-refractivity contribution in [3.05, 3.63) is 24.3 Å². The van der Waals surface area contributed by atoms with Crippen molar-refractivity contribution in [3.63, 3.8) is 0 Å². The van der Waals surface area contributed by atoms with Gasteiger partial charge in [0.1, 0.15) is 5.75 Å². The van der Waals surface area contributed by atoms with Crippen molar-refractivity contribution in [2.45, 2.75) is 25.2 Å². The highest BCUT2D eigenvalue weighted by Crippen LogP contribution is 2.13. The van der Waals surface area contributed by atoms with Gasteiger partial charge >= 0.3 is 0 Å². The van der Waals surface area contributed by atoms with Gasteiger partial charge in [-0.3, -0.25) is 4.79 Å². The van der Waals surface area contributed by atoms with Gasteiger partial charge in [0.2, 0.25) is 5.91 Å². The van der Waals surface area contributed by atoms with Crippen LogP contribution >= 0.6 is 0 Å². The third kappa shape index (κ3) is 5.30. The highest BCUT2D eigenvalue weighted by atomic mass is 32.2.